The van der Waals surface area contributed by atoms with Crippen LogP contribution in [-0.2, 0) is 4.79 Å². The third-order valence-corrected chi connectivity index (χ3v) is 3.07. The van der Waals surface area contributed by atoms with Crippen molar-refractivity contribution in [2.24, 2.45) is 0 Å². The number of rotatable bonds is 3. The number of nitrogens with zero attached hydrogens (tertiary/aromatic N) is 2. The molecule has 3 N–H and O–H groups in total. The number of hydrogen-bond donors (Lipinski definition) is 3. The number of hydrogen-bond acceptors (Lipinski definition) is 5. The van der Waals surface area contributed by atoms with Gasteiger partial charge in [-0.1, -0.05) is 0 Å². The lowest BCUT2D eigenvalue weighted by Crippen LogP contribution is -2.35. The first-order chi connectivity index (χ1) is 9.15. The average molecular weight is 264 g/mol. The number of aryl methyl sites for hydroxylation is 1. The predicted octanol–water partition coefficient (Wildman–Crippen LogP) is 0.329. The first kappa shape index (κ1) is 13.8. The molecule has 1 aliphatic heterocycles. The van der Waals surface area contributed by atoms with Crippen molar-refractivity contribution < 1.29 is 9.90 Å². The Balaban J connectivity index is 1.91. The van der Waals surface area contributed by atoms with Crippen molar-refractivity contribution in [1.29, 1.82) is 0 Å². The summed E-state index contributed by atoms with van der Waals surface area (Å²) in [5, 5.41) is 15.6. The van der Waals surface area contributed by atoms with E-state index in [-0.39, 0.29) is 17.5 Å². The molecular formula is C13H20N4O2. The van der Waals surface area contributed by atoms with Crippen LogP contribution in [0.1, 0.15) is 12.1 Å². The Kier molecular flexibility index (Phi) is 4.70. The van der Waals surface area contributed by atoms with Crippen molar-refractivity contribution in [2.75, 3.05) is 38.0 Å². The van der Waals surface area contributed by atoms with E-state index in [9.17, 15) is 9.90 Å². The van der Waals surface area contributed by atoms with Crippen molar-refractivity contribution in [3.8, 4) is 5.75 Å². The molecule has 19 heavy (non-hydrogen) atoms. The molecule has 6 nitrogen and oxygen atoms in total. The summed E-state index contributed by atoms with van der Waals surface area (Å²) in [7, 11) is 0. The summed E-state index contributed by atoms with van der Waals surface area (Å²) in [5.41, 5.74) is 0.757. The molecular weight excluding hydrogens is 244 g/mol. The van der Waals surface area contributed by atoms with Gasteiger partial charge in [0.25, 0.3) is 0 Å². The summed E-state index contributed by atoms with van der Waals surface area (Å²) in [5.74, 6) is 0.0877. The van der Waals surface area contributed by atoms with Crippen molar-refractivity contribution in [1.82, 2.24) is 15.2 Å². The molecule has 0 atom stereocenters. The first-order valence-electron chi connectivity index (χ1n) is 6.54. The molecule has 6 heteroatoms. The summed E-state index contributed by atoms with van der Waals surface area (Å²) in [6, 6.07) is 3.24. The minimum absolute atomic E-state index is 0.00326. The molecule has 0 radical (unpaired) electrons. The smallest absolute Gasteiger partial charge is 0.239 e. The third kappa shape index (κ3) is 4.18. The highest BCUT2D eigenvalue weighted by atomic mass is 16.3. The molecule has 0 spiro atoms. The molecule has 1 aliphatic rings. The number of aromatic nitrogens is 1. The van der Waals surface area contributed by atoms with Crippen LogP contribution in [0.3, 0.4) is 0 Å². The van der Waals surface area contributed by atoms with Crippen LogP contribution in [0.5, 0.6) is 5.75 Å². The summed E-state index contributed by atoms with van der Waals surface area (Å²) in [4.78, 5) is 18.1. The van der Waals surface area contributed by atoms with E-state index in [2.05, 4.69) is 20.5 Å². The number of amides is 1. The van der Waals surface area contributed by atoms with Crippen molar-refractivity contribution in [3.05, 3.63) is 17.8 Å². The molecule has 1 amide bonds. The second-order valence-corrected chi connectivity index (χ2v) is 4.75. The SMILES string of the molecule is Cc1ccc(O)c(NC(=O)CN2CCCNCC2)n1. The van der Waals surface area contributed by atoms with Gasteiger partial charge in [-0.05, 0) is 38.6 Å². The van der Waals surface area contributed by atoms with Gasteiger partial charge < -0.3 is 15.7 Å². The van der Waals surface area contributed by atoms with Crippen molar-refractivity contribution in [2.45, 2.75) is 13.3 Å². The summed E-state index contributed by atoms with van der Waals surface area (Å²) in [6.07, 6.45) is 1.04. The molecule has 2 rings (SSSR count). The van der Waals surface area contributed by atoms with E-state index in [0.29, 0.717) is 6.54 Å². The van der Waals surface area contributed by atoms with Gasteiger partial charge in [-0.25, -0.2) is 4.98 Å². The maximum atomic E-state index is 11.9. The highest BCUT2D eigenvalue weighted by Crippen LogP contribution is 2.19. The molecule has 1 saturated heterocycles. The fraction of sp³-hybridized carbons (Fsp3) is 0.538. The molecule has 0 saturated carbocycles. The van der Waals surface area contributed by atoms with Gasteiger partial charge in [0, 0.05) is 18.8 Å². The fourth-order valence-electron chi connectivity index (χ4n) is 2.08. The molecule has 1 aromatic rings. The summed E-state index contributed by atoms with van der Waals surface area (Å²) >= 11 is 0. The molecule has 0 unspecified atom stereocenters. The van der Waals surface area contributed by atoms with Crippen molar-refractivity contribution in [3.63, 3.8) is 0 Å². The minimum atomic E-state index is -0.143. The van der Waals surface area contributed by atoms with Crippen LogP contribution in [0.25, 0.3) is 0 Å². The van der Waals surface area contributed by atoms with Gasteiger partial charge in [0.05, 0.1) is 6.54 Å². The van der Waals surface area contributed by atoms with E-state index < -0.39 is 0 Å². The number of carbonyl (C=O) groups excluding carboxylic acids is 1. The van der Waals surface area contributed by atoms with Crippen molar-refractivity contribution >= 4 is 11.7 Å². The Morgan fingerprint density at radius 1 is 1.47 bits per heavy atom. The quantitative estimate of drug-likeness (QED) is 0.733. The zero-order chi connectivity index (χ0) is 13.7. The normalized spacial score (nSPS) is 16.9. The number of anilines is 1. The second kappa shape index (κ2) is 6.49. The van der Waals surface area contributed by atoms with E-state index in [4.69, 9.17) is 0 Å². The standard InChI is InChI=1S/C13H20N4O2/c1-10-3-4-11(18)13(15-10)16-12(19)9-17-7-2-5-14-6-8-17/h3-4,14,18H,2,5-9H2,1H3,(H,15,16,19). The van der Waals surface area contributed by atoms with Crippen LogP contribution in [0, 0.1) is 6.92 Å². The molecule has 0 bridgehead atoms. The highest BCUT2D eigenvalue weighted by molar-refractivity contribution is 5.92. The maximum absolute atomic E-state index is 11.9. The maximum Gasteiger partial charge on any atom is 0.239 e. The fourth-order valence-corrected chi connectivity index (χ4v) is 2.08. The number of nitrogens with one attached hydrogen (secondary N) is 2. The van der Waals surface area contributed by atoms with Crippen LogP contribution in [0.2, 0.25) is 0 Å². The Labute approximate surface area is 112 Å². The first-order valence-corrected chi connectivity index (χ1v) is 6.54. The minimum Gasteiger partial charge on any atom is -0.504 e. The van der Waals surface area contributed by atoms with Gasteiger partial charge in [-0.15, -0.1) is 0 Å². The molecule has 2 heterocycles. The van der Waals surface area contributed by atoms with Crippen LogP contribution >= 0.6 is 0 Å². The third-order valence-electron chi connectivity index (χ3n) is 3.07. The lowest BCUT2D eigenvalue weighted by atomic mass is 10.3. The molecule has 104 valence electrons. The van der Waals surface area contributed by atoms with E-state index in [1.165, 1.54) is 6.07 Å². The lowest BCUT2D eigenvalue weighted by molar-refractivity contribution is -0.117. The van der Waals surface area contributed by atoms with E-state index in [1.807, 2.05) is 6.92 Å². The summed E-state index contributed by atoms with van der Waals surface area (Å²) in [6.45, 7) is 5.82. The van der Waals surface area contributed by atoms with Crippen LogP contribution in [-0.4, -0.2) is 53.6 Å². The number of aromatic hydroxyl groups is 1. The zero-order valence-electron chi connectivity index (χ0n) is 11.1. The van der Waals surface area contributed by atoms with Gasteiger partial charge >= 0.3 is 0 Å². The Hall–Kier alpha value is -1.66. The monoisotopic (exact) mass is 264 g/mol. The van der Waals surface area contributed by atoms with Gasteiger partial charge in [-0.2, -0.15) is 0 Å². The van der Waals surface area contributed by atoms with Crippen LogP contribution in [0.4, 0.5) is 5.82 Å². The Bertz CT molecular complexity index is 442. The molecule has 0 aliphatic carbocycles. The van der Waals surface area contributed by atoms with E-state index >= 15 is 0 Å². The zero-order valence-corrected chi connectivity index (χ0v) is 11.1. The topological polar surface area (TPSA) is 77.5 Å². The number of pyridine rings is 1. The lowest BCUT2D eigenvalue weighted by Gasteiger charge is -2.18. The highest BCUT2D eigenvalue weighted by Gasteiger charge is 2.14. The van der Waals surface area contributed by atoms with Crippen LogP contribution < -0.4 is 10.6 Å². The van der Waals surface area contributed by atoms with E-state index in [0.717, 1.165) is 38.3 Å². The van der Waals surface area contributed by atoms with Gasteiger partial charge in [-0.3, -0.25) is 9.69 Å². The van der Waals surface area contributed by atoms with E-state index in [1.54, 1.807) is 6.07 Å². The molecule has 1 aromatic heterocycles. The van der Waals surface area contributed by atoms with Gasteiger partial charge in [0.1, 0.15) is 0 Å². The van der Waals surface area contributed by atoms with Gasteiger partial charge in [0.15, 0.2) is 11.6 Å². The average Bonchev–Trinajstić information content (AvgIpc) is 2.62. The predicted molar refractivity (Wildman–Crippen MR) is 73.2 cm³/mol. The molecule has 1 fully saturated rings. The second-order valence-electron chi connectivity index (χ2n) is 4.75. The van der Waals surface area contributed by atoms with Gasteiger partial charge in [0.2, 0.25) is 5.91 Å². The van der Waals surface area contributed by atoms with Crippen LogP contribution in [0.15, 0.2) is 12.1 Å². The Morgan fingerprint density at radius 2 is 2.32 bits per heavy atom. The Morgan fingerprint density at radius 3 is 3.16 bits per heavy atom. The summed E-state index contributed by atoms with van der Waals surface area (Å²) < 4.78 is 0. The number of carbonyl (C=O) groups is 1. The molecule has 0 aromatic carbocycles. The largest absolute Gasteiger partial charge is 0.504 e.